The standard InChI is InChI=1S/C22H28N2O/c1-6-20(15-19-9-7-8-17(2)14-19)22(25)23-21-12-10-18(11-13-21)16-24(3,4)5/h7-15H,6,16H2,1-5H3/p+1/b20-15+. The molecule has 0 aromatic heterocycles. The number of quaternary nitrogens is 1. The van der Waals surface area contributed by atoms with Gasteiger partial charge in [0.1, 0.15) is 6.54 Å². The quantitative estimate of drug-likeness (QED) is 0.604. The lowest BCUT2D eigenvalue weighted by molar-refractivity contribution is -0.884. The highest BCUT2D eigenvalue weighted by atomic mass is 16.1. The number of benzene rings is 2. The number of rotatable bonds is 6. The van der Waals surface area contributed by atoms with Crippen molar-refractivity contribution < 1.29 is 9.28 Å². The van der Waals surface area contributed by atoms with Gasteiger partial charge in [0, 0.05) is 16.8 Å². The van der Waals surface area contributed by atoms with E-state index in [0.717, 1.165) is 27.9 Å². The van der Waals surface area contributed by atoms with Crippen molar-refractivity contribution in [3.05, 3.63) is 70.8 Å². The van der Waals surface area contributed by atoms with Crippen molar-refractivity contribution in [2.75, 3.05) is 26.5 Å². The molecule has 132 valence electrons. The lowest BCUT2D eigenvalue weighted by atomic mass is 10.1. The van der Waals surface area contributed by atoms with Crippen LogP contribution in [0.15, 0.2) is 54.1 Å². The molecule has 0 aliphatic carbocycles. The van der Waals surface area contributed by atoms with Crippen molar-refractivity contribution in [1.82, 2.24) is 0 Å². The molecule has 1 amide bonds. The van der Waals surface area contributed by atoms with Crippen LogP contribution >= 0.6 is 0 Å². The number of hydrogen-bond donors (Lipinski definition) is 1. The van der Waals surface area contributed by atoms with E-state index in [2.05, 4.69) is 57.6 Å². The van der Waals surface area contributed by atoms with Gasteiger partial charge in [0.2, 0.25) is 0 Å². The molecule has 3 heteroatoms. The van der Waals surface area contributed by atoms with Gasteiger partial charge in [-0.15, -0.1) is 0 Å². The van der Waals surface area contributed by atoms with Crippen LogP contribution in [-0.2, 0) is 11.3 Å². The summed E-state index contributed by atoms with van der Waals surface area (Å²) in [5, 5.41) is 3.01. The first-order chi connectivity index (χ1) is 11.8. The van der Waals surface area contributed by atoms with Gasteiger partial charge in [-0.2, -0.15) is 0 Å². The van der Waals surface area contributed by atoms with Crippen LogP contribution in [0.1, 0.15) is 30.0 Å². The van der Waals surface area contributed by atoms with Crippen LogP contribution in [-0.4, -0.2) is 31.5 Å². The van der Waals surface area contributed by atoms with Gasteiger partial charge in [0.15, 0.2) is 0 Å². The zero-order valence-electron chi connectivity index (χ0n) is 16.0. The Morgan fingerprint density at radius 1 is 1.08 bits per heavy atom. The van der Waals surface area contributed by atoms with E-state index in [9.17, 15) is 4.79 Å². The molecule has 0 spiro atoms. The Bertz CT molecular complexity index is 752. The maximum atomic E-state index is 12.6. The average Bonchev–Trinajstić information content (AvgIpc) is 2.53. The molecule has 0 bridgehead atoms. The summed E-state index contributed by atoms with van der Waals surface area (Å²) in [5.74, 6) is -0.0386. The maximum Gasteiger partial charge on any atom is 0.251 e. The second-order valence-corrected chi connectivity index (χ2v) is 7.54. The first kappa shape index (κ1) is 18.9. The Morgan fingerprint density at radius 2 is 1.76 bits per heavy atom. The largest absolute Gasteiger partial charge is 0.327 e. The van der Waals surface area contributed by atoms with E-state index < -0.39 is 0 Å². The van der Waals surface area contributed by atoms with Gasteiger partial charge in [0.05, 0.1) is 21.1 Å². The van der Waals surface area contributed by atoms with E-state index >= 15 is 0 Å². The molecule has 0 heterocycles. The molecule has 25 heavy (non-hydrogen) atoms. The molecular weight excluding hydrogens is 308 g/mol. The second-order valence-electron chi connectivity index (χ2n) is 7.54. The minimum Gasteiger partial charge on any atom is -0.327 e. The lowest BCUT2D eigenvalue weighted by Crippen LogP contribution is -2.33. The van der Waals surface area contributed by atoms with E-state index in [0.29, 0.717) is 6.42 Å². The van der Waals surface area contributed by atoms with E-state index in [1.807, 2.05) is 37.3 Å². The minimum absolute atomic E-state index is 0.0386. The fourth-order valence-corrected chi connectivity index (χ4v) is 2.74. The van der Waals surface area contributed by atoms with Gasteiger partial charge in [0.25, 0.3) is 5.91 Å². The van der Waals surface area contributed by atoms with Gasteiger partial charge >= 0.3 is 0 Å². The van der Waals surface area contributed by atoms with E-state index in [-0.39, 0.29) is 5.91 Å². The zero-order valence-corrected chi connectivity index (χ0v) is 16.0. The number of nitrogens with one attached hydrogen (secondary N) is 1. The Hall–Kier alpha value is -2.39. The normalized spacial score (nSPS) is 12.1. The highest BCUT2D eigenvalue weighted by molar-refractivity contribution is 6.06. The molecule has 0 unspecified atom stereocenters. The number of hydrogen-bond acceptors (Lipinski definition) is 1. The summed E-state index contributed by atoms with van der Waals surface area (Å²) < 4.78 is 0.880. The van der Waals surface area contributed by atoms with Crippen molar-refractivity contribution >= 4 is 17.7 Å². The number of aryl methyl sites for hydroxylation is 1. The second kappa shape index (κ2) is 8.13. The minimum atomic E-state index is -0.0386. The molecule has 0 aliphatic rings. The first-order valence-electron chi connectivity index (χ1n) is 8.75. The average molecular weight is 337 g/mol. The van der Waals surface area contributed by atoms with Crippen LogP contribution in [0.5, 0.6) is 0 Å². The number of anilines is 1. The van der Waals surface area contributed by atoms with Crippen molar-refractivity contribution in [2.24, 2.45) is 0 Å². The topological polar surface area (TPSA) is 29.1 Å². The predicted molar refractivity (Wildman–Crippen MR) is 106 cm³/mol. The van der Waals surface area contributed by atoms with Crippen molar-refractivity contribution in [3.8, 4) is 0 Å². The van der Waals surface area contributed by atoms with E-state index in [1.165, 1.54) is 11.1 Å². The molecule has 3 nitrogen and oxygen atoms in total. The zero-order chi connectivity index (χ0) is 18.4. The SMILES string of the molecule is CC/C(=C\c1cccc(C)c1)C(=O)Nc1ccc(C[N+](C)(C)C)cc1. The summed E-state index contributed by atoms with van der Waals surface area (Å²) in [6.07, 6.45) is 2.66. The predicted octanol–water partition coefficient (Wildman–Crippen LogP) is 4.63. The molecule has 2 rings (SSSR count). The van der Waals surface area contributed by atoms with Crippen molar-refractivity contribution in [3.63, 3.8) is 0 Å². The highest BCUT2D eigenvalue weighted by Gasteiger charge is 2.10. The third-order valence-electron chi connectivity index (χ3n) is 3.92. The molecule has 0 radical (unpaired) electrons. The van der Waals surface area contributed by atoms with Crippen LogP contribution in [0.25, 0.3) is 6.08 Å². The van der Waals surface area contributed by atoms with Crippen LogP contribution in [0.3, 0.4) is 0 Å². The van der Waals surface area contributed by atoms with Gasteiger partial charge < -0.3 is 9.80 Å². The third kappa shape index (κ3) is 6.20. The Labute approximate surface area is 151 Å². The molecule has 0 aliphatic heterocycles. The van der Waals surface area contributed by atoms with Gasteiger partial charge in [-0.25, -0.2) is 0 Å². The van der Waals surface area contributed by atoms with Crippen molar-refractivity contribution in [1.29, 1.82) is 0 Å². The molecule has 2 aromatic rings. The van der Waals surface area contributed by atoms with E-state index in [1.54, 1.807) is 0 Å². The first-order valence-corrected chi connectivity index (χ1v) is 8.75. The Kier molecular flexibility index (Phi) is 6.16. The number of amides is 1. The number of carbonyl (C=O) groups is 1. The van der Waals surface area contributed by atoms with Gasteiger partial charge in [-0.1, -0.05) is 48.9 Å². The lowest BCUT2D eigenvalue weighted by Gasteiger charge is -2.23. The fourth-order valence-electron chi connectivity index (χ4n) is 2.74. The molecule has 2 aromatic carbocycles. The molecule has 0 fully saturated rings. The smallest absolute Gasteiger partial charge is 0.251 e. The van der Waals surface area contributed by atoms with Gasteiger partial charge in [-0.3, -0.25) is 4.79 Å². The molecular formula is C22H29N2O+. The Balaban J connectivity index is 2.09. The maximum absolute atomic E-state index is 12.6. The number of carbonyl (C=O) groups excluding carboxylic acids is 1. The molecule has 0 saturated heterocycles. The summed E-state index contributed by atoms with van der Waals surface area (Å²) in [6.45, 7) is 5.02. The molecule has 1 N–H and O–H groups in total. The summed E-state index contributed by atoms with van der Waals surface area (Å²) in [4.78, 5) is 12.6. The summed E-state index contributed by atoms with van der Waals surface area (Å²) in [5.41, 5.74) is 5.12. The summed E-state index contributed by atoms with van der Waals surface area (Å²) in [7, 11) is 6.50. The third-order valence-corrected chi connectivity index (χ3v) is 3.92. The fraction of sp³-hybridized carbons (Fsp3) is 0.318. The van der Waals surface area contributed by atoms with Crippen LogP contribution in [0.2, 0.25) is 0 Å². The monoisotopic (exact) mass is 337 g/mol. The van der Waals surface area contributed by atoms with Crippen molar-refractivity contribution in [2.45, 2.75) is 26.8 Å². The highest BCUT2D eigenvalue weighted by Crippen LogP contribution is 2.16. The number of nitrogens with zero attached hydrogens (tertiary/aromatic N) is 1. The Morgan fingerprint density at radius 3 is 2.32 bits per heavy atom. The van der Waals surface area contributed by atoms with Crippen LogP contribution in [0.4, 0.5) is 5.69 Å². The summed E-state index contributed by atoms with van der Waals surface area (Å²) >= 11 is 0. The molecule has 0 saturated carbocycles. The van der Waals surface area contributed by atoms with Gasteiger partial charge in [-0.05, 0) is 37.1 Å². The van der Waals surface area contributed by atoms with Crippen LogP contribution < -0.4 is 5.32 Å². The molecule has 0 atom stereocenters. The van der Waals surface area contributed by atoms with Crippen LogP contribution in [0, 0.1) is 6.92 Å². The van der Waals surface area contributed by atoms with E-state index in [4.69, 9.17) is 0 Å². The summed E-state index contributed by atoms with van der Waals surface area (Å²) in [6, 6.07) is 16.3.